The normalized spacial score (nSPS) is 10.3. The van der Waals surface area contributed by atoms with Gasteiger partial charge in [0.2, 0.25) is 0 Å². The lowest BCUT2D eigenvalue weighted by Crippen LogP contribution is -2.00. The molecule has 6 heteroatoms. The average molecular weight is 266 g/mol. The Morgan fingerprint density at radius 2 is 1.78 bits per heavy atom. The maximum atomic E-state index is 13.2. The van der Waals surface area contributed by atoms with Crippen LogP contribution in [0.25, 0.3) is 11.1 Å². The topological polar surface area (TPSA) is 74.6 Å². The molecule has 0 saturated carbocycles. The van der Waals surface area contributed by atoms with E-state index in [2.05, 4.69) is 0 Å². The Morgan fingerprint density at radius 1 is 1.06 bits per heavy atom. The van der Waals surface area contributed by atoms with Crippen LogP contribution in [-0.4, -0.2) is 22.2 Å². The van der Waals surface area contributed by atoms with Gasteiger partial charge in [0.1, 0.15) is 10.7 Å². The summed E-state index contributed by atoms with van der Waals surface area (Å²) < 4.78 is 13.2. The molecule has 18 heavy (non-hydrogen) atoms. The molecule has 1 aromatic carbocycles. The third kappa shape index (κ3) is 2.23. The second-order valence-electron chi connectivity index (χ2n) is 3.50. The second kappa shape index (κ2) is 4.58. The number of hydrogen-bond donors (Lipinski definition) is 2. The van der Waals surface area contributed by atoms with E-state index in [1.807, 2.05) is 0 Å². The summed E-state index contributed by atoms with van der Waals surface area (Å²) in [6.45, 7) is 0. The predicted octanol–water partition coefficient (Wildman–Crippen LogP) is 2.95. The Bertz CT molecular complexity index is 633. The number of hydrogen-bond acceptors (Lipinski definition) is 3. The first-order valence-electron chi connectivity index (χ1n) is 4.84. The number of carbonyl (C=O) groups is 2. The summed E-state index contributed by atoms with van der Waals surface area (Å²) in [6, 6.07) is 5.07. The van der Waals surface area contributed by atoms with Gasteiger partial charge < -0.3 is 10.2 Å². The summed E-state index contributed by atoms with van der Waals surface area (Å²) in [4.78, 5) is 21.7. The van der Waals surface area contributed by atoms with E-state index in [4.69, 9.17) is 10.2 Å². The lowest BCUT2D eigenvalue weighted by Gasteiger charge is -2.01. The number of carboxylic acid groups (broad SMARTS) is 2. The van der Waals surface area contributed by atoms with Crippen molar-refractivity contribution in [3.05, 3.63) is 45.9 Å². The average Bonchev–Trinajstić information content (AvgIpc) is 2.78. The molecular formula is C12H7FO4S. The molecule has 0 atom stereocenters. The summed E-state index contributed by atoms with van der Waals surface area (Å²) in [5.74, 6) is -3.23. The lowest BCUT2D eigenvalue weighted by molar-refractivity contribution is 0.0684. The second-order valence-corrected chi connectivity index (χ2v) is 4.42. The van der Waals surface area contributed by atoms with Gasteiger partial charge in [-0.15, -0.1) is 11.3 Å². The molecule has 0 aliphatic heterocycles. The molecule has 1 aromatic heterocycles. The van der Waals surface area contributed by atoms with E-state index >= 15 is 0 Å². The minimum atomic E-state index is -1.36. The maximum absolute atomic E-state index is 13.2. The van der Waals surface area contributed by atoms with E-state index in [1.54, 1.807) is 5.38 Å². The first-order chi connectivity index (χ1) is 8.49. The molecule has 2 aromatic rings. The van der Waals surface area contributed by atoms with E-state index in [9.17, 15) is 14.0 Å². The van der Waals surface area contributed by atoms with E-state index in [-0.39, 0.29) is 4.88 Å². The van der Waals surface area contributed by atoms with Crippen molar-refractivity contribution >= 4 is 23.3 Å². The molecule has 2 rings (SSSR count). The fourth-order valence-corrected chi connectivity index (χ4v) is 2.22. The van der Waals surface area contributed by atoms with Gasteiger partial charge in [0.25, 0.3) is 0 Å². The highest BCUT2D eigenvalue weighted by Crippen LogP contribution is 2.27. The monoisotopic (exact) mass is 266 g/mol. The van der Waals surface area contributed by atoms with Crippen LogP contribution >= 0.6 is 11.3 Å². The molecule has 4 nitrogen and oxygen atoms in total. The highest BCUT2D eigenvalue weighted by atomic mass is 32.1. The number of halogens is 1. The van der Waals surface area contributed by atoms with Gasteiger partial charge in [-0.3, -0.25) is 0 Å². The van der Waals surface area contributed by atoms with E-state index in [1.165, 1.54) is 18.2 Å². The molecule has 0 saturated heterocycles. The van der Waals surface area contributed by atoms with Crippen molar-refractivity contribution in [3.8, 4) is 11.1 Å². The lowest BCUT2D eigenvalue weighted by atomic mass is 10.1. The Kier molecular flexibility index (Phi) is 3.12. The van der Waals surface area contributed by atoms with Crippen molar-refractivity contribution in [2.75, 3.05) is 0 Å². The standard InChI is InChI=1S/C12H7FO4S/c13-9-2-1-6(3-8(9)11(14)15)7-4-10(12(16)17)18-5-7/h1-5H,(H,14,15)(H,16,17). The number of carboxylic acids is 2. The Morgan fingerprint density at radius 3 is 2.33 bits per heavy atom. The molecule has 0 amide bonds. The molecule has 0 unspecified atom stereocenters. The van der Waals surface area contributed by atoms with E-state index in [0.29, 0.717) is 11.1 Å². The SMILES string of the molecule is O=C(O)c1cc(-c2ccc(F)c(C(=O)O)c2)cs1. The predicted molar refractivity (Wildman–Crippen MR) is 63.6 cm³/mol. The highest BCUT2D eigenvalue weighted by Gasteiger charge is 2.13. The fourth-order valence-electron chi connectivity index (χ4n) is 1.47. The Hall–Kier alpha value is -2.21. The van der Waals surface area contributed by atoms with Gasteiger partial charge in [-0.05, 0) is 34.7 Å². The number of thiophene rings is 1. The summed E-state index contributed by atoms with van der Waals surface area (Å²) in [7, 11) is 0. The van der Waals surface area contributed by atoms with Crippen molar-refractivity contribution in [1.82, 2.24) is 0 Å². The van der Waals surface area contributed by atoms with Gasteiger partial charge >= 0.3 is 11.9 Å². The van der Waals surface area contributed by atoms with E-state index < -0.39 is 23.3 Å². The Labute approximate surface area is 105 Å². The summed E-state index contributed by atoms with van der Waals surface area (Å²) in [5, 5.41) is 19.2. The highest BCUT2D eigenvalue weighted by molar-refractivity contribution is 7.12. The van der Waals surface area contributed by atoms with Crippen LogP contribution in [-0.2, 0) is 0 Å². The molecule has 2 N–H and O–H groups in total. The zero-order chi connectivity index (χ0) is 13.3. The molecule has 0 bridgehead atoms. The molecule has 1 heterocycles. The first-order valence-corrected chi connectivity index (χ1v) is 5.72. The van der Waals surface area contributed by atoms with Gasteiger partial charge in [-0.1, -0.05) is 6.07 Å². The minimum absolute atomic E-state index is 0.145. The van der Waals surface area contributed by atoms with Crippen LogP contribution in [0, 0.1) is 5.82 Å². The van der Waals surface area contributed by atoms with Gasteiger partial charge in [-0.25, -0.2) is 14.0 Å². The van der Waals surface area contributed by atoms with Crippen LogP contribution < -0.4 is 0 Å². The fraction of sp³-hybridized carbons (Fsp3) is 0. The summed E-state index contributed by atoms with van der Waals surface area (Å²) in [6.07, 6.45) is 0. The van der Waals surface area contributed by atoms with Gasteiger partial charge in [0, 0.05) is 0 Å². The summed E-state index contributed by atoms with van der Waals surface area (Å²) >= 11 is 1.03. The first kappa shape index (κ1) is 12.3. The Balaban J connectivity index is 2.47. The van der Waals surface area contributed by atoms with Crippen LogP contribution in [0.15, 0.2) is 29.6 Å². The zero-order valence-corrected chi connectivity index (χ0v) is 9.70. The molecule has 0 fully saturated rings. The van der Waals surface area contributed by atoms with Crippen LogP contribution in [0.5, 0.6) is 0 Å². The zero-order valence-electron chi connectivity index (χ0n) is 8.88. The largest absolute Gasteiger partial charge is 0.478 e. The number of aromatic carboxylic acids is 2. The van der Waals surface area contributed by atoms with Crippen molar-refractivity contribution in [1.29, 1.82) is 0 Å². The maximum Gasteiger partial charge on any atom is 0.345 e. The minimum Gasteiger partial charge on any atom is -0.478 e. The molecule has 92 valence electrons. The van der Waals surface area contributed by atoms with Crippen molar-refractivity contribution < 1.29 is 24.2 Å². The number of benzene rings is 1. The van der Waals surface area contributed by atoms with Crippen LogP contribution in [0.3, 0.4) is 0 Å². The number of rotatable bonds is 3. The summed E-state index contributed by atoms with van der Waals surface area (Å²) in [5.41, 5.74) is 0.591. The van der Waals surface area contributed by atoms with Gasteiger partial charge in [0.05, 0.1) is 5.56 Å². The van der Waals surface area contributed by atoms with Crippen molar-refractivity contribution in [3.63, 3.8) is 0 Å². The molecule has 0 spiro atoms. The van der Waals surface area contributed by atoms with Crippen molar-refractivity contribution in [2.24, 2.45) is 0 Å². The van der Waals surface area contributed by atoms with Crippen molar-refractivity contribution in [2.45, 2.75) is 0 Å². The van der Waals surface area contributed by atoms with Gasteiger partial charge in [-0.2, -0.15) is 0 Å². The van der Waals surface area contributed by atoms with Crippen LogP contribution in [0.1, 0.15) is 20.0 Å². The molecule has 0 aliphatic rings. The van der Waals surface area contributed by atoms with Gasteiger partial charge in [0.15, 0.2) is 0 Å². The molecule has 0 radical (unpaired) electrons. The van der Waals surface area contributed by atoms with E-state index in [0.717, 1.165) is 17.4 Å². The van der Waals surface area contributed by atoms with Crippen LogP contribution in [0.4, 0.5) is 4.39 Å². The third-order valence-electron chi connectivity index (χ3n) is 2.34. The third-order valence-corrected chi connectivity index (χ3v) is 3.26. The molecular weight excluding hydrogens is 259 g/mol. The van der Waals surface area contributed by atoms with Crippen LogP contribution in [0.2, 0.25) is 0 Å². The smallest absolute Gasteiger partial charge is 0.345 e. The molecule has 0 aliphatic carbocycles. The quantitative estimate of drug-likeness (QED) is 0.895.